The summed E-state index contributed by atoms with van der Waals surface area (Å²) in [6.45, 7) is 9.69. The van der Waals surface area contributed by atoms with Crippen molar-refractivity contribution in [2.45, 2.75) is 71.9 Å². The van der Waals surface area contributed by atoms with Gasteiger partial charge in [-0.25, -0.2) is 13.8 Å². The number of aliphatic hydroxyl groups is 1. The number of benzene rings is 2. The molecule has 0 aliphatic heterocycles. The molecule has 1 heterocycles. The van der Waals surface area contributed by atoms with Crippen LogP contribution in [0.5, 0.6) is 0 Å². The van der Waals surface area contributed by atoms with E-state index in [-0.39, 0.29) is 36.7 Å². The van der Waals surface area contributed by atoms with E-state index in [9.17, 15) is 23.5 Å². The van der Waals surface area contributed by atoms with E-state index in [1.54, 1.807) is 17.1 Å². The van der Waals surface area contributed by atoms with Gasteiger partial charge in [-0.2, -0.15) is 0 Å². The molecule has 1 unspecified atom stereocenters. The maximum Gasteiger partial charge on any atom is 0.249 e. The number of hydrogen-bond donors (Lipinski definition) is 3. The number of oxazole rings is 1. The fourth-order valence-electron chi connectivity index (χ4n) is 6.40. The van der Waals surface area contributed by atoms with Crippen LogP contribution < -0.4 is 11.1 Å². The summed E-state index contributed by atoms with van der Waals surface area (Å²) < 4.78 is 34.4. The number of carbonyl (C=O) groups is 2. The number of halogens is 2. The number of aromatic nitrogens is 1. The third-order valence-electron chi connectivity index (χ3n) is 8.72. The summed E-state index contributed by atoms with van der Waals surface area (Å²) in [7, 11) is 0. The highest BCUT2D eigenvalue weighted by atomic mass is 19.1. The molecule has 0 radical (unpaired) electrons. The second kappa shape index (κ2) is 16.1. The third kappa shape index (κ3) is 8.81. The van der Waals surface area contributed by atoms with Gasteiger partial charge in [0.1, 0.15) is 17.9 Å². The zero-order chi connectivity index (χ0) is 34.1. The monoisotopic (exact) mass is 648 g/mol. The number of hydrogen-bond acceptors (Lipinski definition) is 6. The largest absolute Gasteiger partial charge is 0.445 e. The van der Waals surface area contributed by atoms with E-state index >= 15 is 0 Å². The lowest BCUT2D eigenvalue weighted by atomic mass is 9.63. The molecule has 1 aliphatic carbocycles. The maximum absolute atomic E-state index is 14.4. The molecule has 0 fully saturated rings. The fourth-order valence-corrected chi connectivity index (χ4v) is 6.40. The minimum atomic E-state index is -1.64. The van der Waals surface area contributed by atoms with Gasteiger partial charge in [-0.1, -0.05) is 58.0 Å². The summed E-state index contributed by atoms with van der Waals surface area (Å²) in [5.41, 5.74) is 7.68. The van der Waals surface area contributed by atoms with Crippen LogP contribution in [0.2, 0.25) is 0 Å². The molecule has 2 amide bonds. The van der Waals surface area contributed by atoms with Gasteiger partial charge in [0.25, 0.3) is 0 Å². The van der Waals surface area contributed by atoms with Gasteiger partial charge < -0.3 is 25.5 Å². The Morgan fingerprint density at radius 2 is 1.79 bits per heavy atom. The molecule has 4 rings (SSSR count). The summed E-state index contributed by atoms with van der Waals surface area (Å²) in [4.78, 5) is 33.7. The number of carbonyl (C=O) groups excluding carboxylic acids is 2. The van der Waals surface area contributed by atoms with Crippen molar-refractivity contribution in [3.63, 3.8) is 0 Å². The molecule has 2 aromatic carbocycles. The van der Waals surface area contributed by atoms with E-state index in [0.29, 0.717) is 36.7 Å². The normalized spacial score (nSPS) is 17.6. The van der Waals surface area contributed by atoms with Gasteiger partial charge in [-0.3, -0.25) is 9.59 Å². The lowest BCUT2D eigenvalue weighted by Crippen LogP contribution is -2.51. The van der Waals surface area contributed by atoms with Crippen LogP contribution in [0.3, 0.4) is 0 Å². The van der Waals surface area contributed by atoms with E-state index in [4.69, 9.17) is 10.2 Å². The first-order valence-electron chi connectivity index (χ1n) is 16.3. The van der Waals surface area contributed by atoms with E-state index in [1.807, 2.05) is 26.0 Å². The van der Waals surface area contributed by atoms with Crippen LogP contribution in [0.25, 0.3) is 5.57 Å². The summed E-state index contributed by atoms with van der Waals surface area (Å²) in [6, 6.07) is 11.2. The first kappa shape index (κ1) is 35.7. The molecule has 10 heteroatoms. The molecular weight excluding hydrogens is 602 g/mol. The average molecular weight is 649 g/mol. The molecule has 252 valence electrons. The van der Waals surface area contributed by atoms with Crippen molar-refractivity contribution in [1.82, 2.24) is 15.2 Å². The van der Waals surface area contributed by atoms with Gasteiger partial charge in [-0.05, 0) is 66.5 Å². The highest BCUT2D eigenvalue weighted by Gasteiger charge is 2.49. The van der Waals surface area contributed by atoms with Crippen LogP contribution in [-0.2, 0) is 22.6 Å². The predicted octanol–water partition coefficient (Wildman–Crippen LogP) is 5.92. The minimum absolute atomic E-state index is 0.0381. The van der Waals surface area contributed by atoms with Crippen LogP contribution >= 0.6 is 0 Å². The molecule has 0 saturated carbocycles. The van der Waals surface area contributed by atoms with Gasteiger partial charge in [0.05, 0.1) is 17.7 Å². The molecule has 47 heavy (non-hydrogen) atoms. The number of aliphatic hydroxyl groups excluding tert-OH is 1. The summed E-state index contributed by atoms with van der Waals surface area (Å²) >= 11 is 0. The number of nitrogens with zero attached hydrogens (tertiary/aromatic N) is 2. The van der Waals surface area contributed by atoms with E-state index in [1.165, 1.54) is 30.2 Å². The number of nitrogens with two attached hydrogens (primary N) is 1. The zero-order valence-corrected chi connectivity index (χ0v) is 27.6. The number of nitrogens with one attached hydrogen (secondary N) is 1. The van der Waals surface area contributed by atoms with Crippen molar-refractivity contribution >= 4 is 17.4 Å². The Hall–Kier alpha value is -4.15. The van der Waals surface area contributed by atoms with Crippen molar-refractivity contribution in [3.8, 4) is 0 Å². The Balaban J connectivity index is 1.77. The summed E-state index contributed by atoms with van der Waals surface area (Å²) in [5.74, 6) is -3.09. The maximum atomic E-state index is 14.4. The lowest BCUT2D eigenvalue weighted by molar-refractivity contribution is -0.132. The van der Waals surface area contributed by atoms with Crippen molar-refractivity contribution in [3.05, 3.63) is 107 Å². The Bertz CT molecular complexity index is 1560. The van der Waals surface area contributed by atoms with Gasteiger partial charge in [0, 0.05) is 49.3 Å². The Kier molecular flexibility index (Phi) is 12.2. The van der Waals surface area contributed by atoms with E-state index < -0.39 is 35.0 Å². The number of rotatable bonds is 16. The molecule has 3 aromatic rings. The van der Waals surface area contributed by atoms with E-state index in [0.717, 1.165) is 24.5 Å². The lowest BCUT2D eigenvalue weighted by Gasteiger charge is -2.42. The molecule has 0 saturated heterocycles. The Labute approximate surface area is 275 Å². The first-order chi connectivity index (χ1) is 22.5. The zero-order valence-electron chi connectivity index (χ0n) is 27.6. The Morgan fingerprint density at radius 3 is 2.38 bits per heavy atom. The van der Waals surface area contributed by atoms with Gasteiger partial charge in [0.2, 0.25) is 17.7 Å². The third-order valence-corrected chi connectivity index (χ3v) is 8.72. The summed E-state index contributed by atoms with van der Waals surface area (Å²) in [5, 5.41) is 15.2. The topological polar surface area (TPSA) is 122 Å². The van der Waals surface area contributed by atoms with Crippen LogP contribution in [0.15, 0.2) is 77.1 Å². The van der Waals surface area contributed by atoms with Gasteiger partial charge in [0.15, 0.2) is 0 Å². The molecule has 8 nitrogen and oxygen atoms in total. The molecule has 4 N–H and O–H groups in total. The van der Waals surface area contributed by atoms with Crippen LogP contribution in [0.1, 0.15) is 75.5 Å². The quantitative estimate of drug-likeness (QED) is 0.177. The summed E-state index contributed by atoms with van der Waals surface area (Å²) in [6.07, 6.45) is 6.11. The van der Waals surface area contributed by atoms with Crippen molar-refractivity contribution in [1.29, 1.82) is 0 Å². The second-order valence-electron chi connectivity index (χ2n) is 12.7. The van der Waals surface area contributed by atoms with Crippen LogP contribution in [0, 0.1) is 23.0 Å². The molecule has 1 aromatic heterocycles. The second-order valence-corrected chi connectivity index (χ2v) is 12.7. The predicted molar refractivity (Wildman–Crippen MR) is 178 cm³/mol. The molecular formula is C37H46F2N4O4. The number of primary amides is 1. The molecule has 1 aliphatic rings. The van der Waals surface area contributed by atoms with Gasteiger partial charge in [-0.15, -0.1) is 0 Å². The highest BCUT2D eigenvalue weighted by molar-refractivity contribution is 6.00. The van der Waals surface area contributed by atoms with Crippen molar-refractivity contribution < 1.29 is 27.9 Å². The van der Waals surface area contributed by atoms with Crippen LogP contribution in [-0.4, -0.2) is 52.5 Å². The molecule has 0 spiro atoms. The first-order valence-corrected chi connectivity index (χ1v) is 16.3. The minimum Gasteiger partial charge on any atom is -0.445 e. The molecule has 3 atom stereocenters. The molecule has 0 bridgehead atoms. The van der Waals surface area contributed by atoms with Crippen LogP contribution in [0.4, 0.5) is 8.78 Å². The fraction of sp³-hybridized carbons (Fsp3) is 0.432. The van der Waals surface area contributed by atoms with E-state index in [2.05, 4.69) is 36.3 Å². The number of allylic oxidation sites excluding steroid dienone is 2. The standard InChI is InChI=1S/C37H46F2N4O4/c1-5-11-43(12-6-2)35(45)29-18-28(34-42-10-13-47-34)20-37(21-29,36(40)46)32(17-26-15-30(38)19-31(39)16-26)33(44)23-41-22-25-8-7-9-27(14-25)24(3)4/h7-10,13-16,18-20,24,32-33,41,44H,5-6,11-12,17,21-23H2,1-4H3,(H2,40,46)/t32-,33+,37?/m1/s1. The Morgan fingerprint density at radius 1 is 1.09 bits per heavy atom. The number of amides is 2. The van der Waals surface area contributed by atoms with Crippen molar-refractivity contribution in [2.24, 2.45) is 17.1 Å². The average Bonchev–Trinajstić information content (AvgIpc) is 3.58. The van der Waals surface area contributed by atoms with Crippen molar-refractivity contribution in [2.75, 3.05) is 19.6 Å². The van der Waals surface area contributed by atoms with Gasteiger partial charge >= 0.3 is 0 Å². The smallest absolute Gasteiger partial charge is 0.249 e. The SMILES string of the molecule is CCCN(CCC)C(=O)C1=CC(c2ncco2)=CC(C(N)=O)([C@H](Cc2cc(F)cc(F)c2)[C@@H](O)CNCc2cccc(C(C)C)c2)C1. The highest BCUT2D eigenvalue weighted by Crippen LogP contribution is 2.46.